The van der Waals surface area contributed by atoms with Gasteiger partial charge in [-0.3, -0.25) is 14.6 Å². The number of nitrogens with zero attached hydrogens (tertiary/aromatic N) is 1. The van der Waals surface area contributed by atoms with Crippen LogP contribution in [0.2, 0.25) is 0 Å². The van der Waals surface area contributed by atoms with Gasteiger partial charge in [-0.15, -0.1) is 0 Å². The maximum atomic E-state index is 11.7. The first kappa shape index (κ1) is 16.4. The van der Waals surface area contributed by atoms with Gasteiger partial charge in [0.05, 0.1) is 0 Å². The Morgan fingerprint density at radius 1 is 1.22 bits per heavy atom. The van der Waals surface area contributed by atoms with E-state index < -0.39 is 0 Å². The Morgan fingerprint density at radius 3 is 2.65 bits per heavy atom. The molecular formula is C18H18N2O3. The molecule has 0 aliphatic carbocycles. The van der Waals surface area contributed by atoms with Gasteiger partial charge in [-0.2, -0.15) is 0 Å². The molecule has 1 aromatic carbocycles. The van der Waals surface area contributed by atoms with Crippen LogP contribution >= 0.6 is 0 Å². The molecule has 0 saturated carbocycles. The third kappa shape index (κ3) is 6.13. The van der Waals surface area contributed by atoms with Crippen molar-refractivity contribution >= 4 is 18.0 Å². The first-order valence-electron chi connectivity index (χ1n) is 7.27. The number of rotatable bonds is 6. The van der Waals surface area contributed by atoms with E-state index in [1.54, 1.807) is 30.6 Å². The Morgan fingerprint density at radius 2 is 2.00 bits per heavy atom. The molecule has 1 heterocycles. The summed E-state index contributed by atoms with van der Waals surface area (Å²) in [5.41, 5.74) is 1.93. The van der Waals surface area contributed by atoms with E-state index in [4.69, 9.17) is 4.74 Å². The fourth-order valence-electron chi connectivity index (χ4n) is 1.93. The van der Waals surface area contributed by atoms with E-state index in [0.29, 0.717) is 18.7 Å². The average Bonchev–Trinajstić information content (AvgIpc) is 2.55. The zero-order valence-electron chi connectivity index (χ0n) is 12.9. The molecule has 2 aromatic rings. The normalized spacial score (nSPS) is 10.5. The number of carbonyl (C=O) groups excluding carboxylic acids is 2. The lowest BCUT2D eigenvalue weighted by atomic mass is 10.1. The van der Waals surface area contributed by atoms with Crippen LogP contribution < -0.4 is 10.1 Å². The smallest absolute Gasteiger partial charge is 0.308 e. The molecule has 1 amide bonds. The number of ether oxygens (including phenoxy) is 1. The summed E-state index contributed by atoms with van der Waals surface area (Å²) >= 11 is 0. The zero-order valence-corrected chi connectivity index (χ0v) is 12.9. The van der Waals surface area contributed by atoms with Gasteiger partial charge in [-0.1, -0.05) is 18.2 Å². The highest BCUT2D eigenvalue weighted by atomic mass is 16.5. The predicted molar refractivity (Wildman–Crippen MR) is 87.7 cm³/mol. The van der Waals surface area contributed by atoms with Crippen LogP contribution in [0.4, 0.5) is 0 Å². The summed E-state index contributed by atoms with van der Waals surface area (Å²) in [6, 6.07) is 10.9. The monoisotopic (exact) mass is 310 g/mol. The van der Waals surface area contributed by atoms with Crippen molar-refractivity contribution < 1.29 is 14.3 Å². The zero-order chi connectivity index (χ0) is 16.5. The van der Waals surface area contributed by atoms with E-state index in [2.05, 4.69) is 10.3 Å². The fourth-order valence-corrected chi connectivity index (χ4v) is 1.93. The highest BCUT2D eigenvalue weighted by Crippen LogP contribution is 2.12. The lowest BCUT2D eigenvalue weighted by molar-refractivity contribution is -0.131. The van der Waals surface area contributed by atoms with Crippen molar-refractivity contribution in [1.29, 1.82) is 0 Å². The molecule has 0 radical (unpaired) electrons. The van der Waals surface area contributed by atoms with Crippen molar-refractivity contribution in [2.24, 2.45) is 0 Å². The van der Waals surface area contributed by atoms with Crippen LogP contribution in [0.3, 0.4) is 0 Å². The van der Waals surface area contributed by atoms with Gasteiger partial charge in [-0.05, 0) is 41.8 Å². The van der Waals surface area contributed by atoms with E-state index in [9.17, 15) is 9.59 Å². The molecule has 0 atom stereocenters. The molecular weight excluding hydrogens is 292 g/mol. The highest BCUT2D eigenvalue weighted by molar-refractivity contribution is 5.91. The molecule has 0 saturated heterocycles. The summed E-state index contributed by atoms with van der Waals surface area (Å²) < 4.78 is 4.96. The lowest BCUT2D eigenvalue weighted by Crippen LogP contribution is -2.23. The number of amides is 1. The number of nitrogens with one attached hydrogen (secondary N) is 1. The second-order valence-corrected chi connectivity index (χ2v) is 4.90. The van der Waals surface area contributed by atoms with Gasteiger partial charge in [0.1, 0.15) is 5.75 Å². The Labute approximate surface area is 135 Å². The Kier molecular flexibility index (Phi) is 6.06. The van der Waals surface area contributed by atoms with E-state index in [1.807, 2.05) is 24.3 Å². The van der Waals surface area contributed by atoms with Crippen LogP contribution in [0.1, 0.15) is 18.1 Å². The lowest BCUT2D eigenvalue weighted by Gasteiger charge is -2.05. The Balaban J connectivity index is 1.75. The van der Waals surface area contributed by atoms with Gasteiger partial charge in [0, 0.05) is 31.9 Å². The number of pyridine rings is 1. The maximum Gasteiger partial charge on any atom is 0.308 e. The predicted octanol–water partition coefficient (Wildman–Crippen LogP) is 2.38. The summed E-state index contributed by atoms with van der Waals surface area (Å²) in [5.74, 6) is 0.0282. The SMILES string of the molecule is CC(=O)Oc1ccc(CCNC(=O)/C=C/c2cccnc2)cc1. The van der Waals surface area contributed by atoms with Crippen LogP contribution in [-0.4, -0.2) is 23.4 Å². The third-order valence-electron chi connectivity index (χ3n) is 3.01. The van der Waals surface area contributed by atoms with Gasteiger partial charge in [0.25, 0.3) is 0 Å². The number of hydrogen-bond donors (Lipinski definition) is 1. The molecule has 0 aliphatic rings. The summed E-state index contributed by atoms with van der Waals surface area (Å²) in [7, 11) is 0. The topological polar surface area (TPSA) is 68.3 Å². The summed E-state index contributed by atoms with van der Waals surface area (Å²) in [5, 5.41) is 2.82. The molecule has 1 aromatic heterocycles. The first-order chi connectivity index (χ1) is 11.1. The molecule has 0 spiro atoms. The number of aromatic nitrogens is 1. The van der Waals surface area contributed by atoms with Crippen LogP contribution in [0.15, 0.2) is 54.9 Å². The van der Waals surface area contributed by atoms with Crippen LogP contribution in [0, 0.1) is 0 Å². The van der Waals surface area contributed by atoms with E-state index in [1.165, 1.54) is 13.0 Å². The number of hydrogen-bond acceptors (Lipinski definition) is 4. The van der Waals surface area contributed by atoms with Gasteiger partial charge in [0.15, 0.2) is 0 Å². The molecule has 23 heavy (non-hydrogen) atoms. The van der Waals surface area contributed by atoms with Gasteiger partial charge in [0.2, 0.25) is 5.91 Å². The summed E-state index contributed by atoms with van der Waals surface area (Å²) in [4.78, 5) is 26.5. The van der Waals surface area contributed by atoms with E-state index >= 15 is 0 Å². The largest absolute Gasteiger partial charge is 0.427 e. The number of esters is 1. The Hall–Kier alpha value is -2.95. The fraction of sp³-hybridized carbons (Fsp3) is 0.167. The molecule has 0 unspecified atom stereocenters. The molecule has 5 heteroatoms. The highest BCUT2D eigenvalue weighted by Gasteiger charge is 2.00. The van der Waals surface area contributed by atoms with Crippen LogP contribution in [0.25, 0.3) is 6.08 Å². The maximum absolute atomic E-state index is 11.7. The summed E-state index contributed by atoms with van der Waals surface area (Å²) in [6.45, 7) is 1.89. The van der Waals surface area contributed by atoms with Gasteiger partial charge >= 0.3 is 5.97 Å². The Bertz CT molecular complexity index is 679. The second kappa shape index (κ2) is 8.48. The molecule has 1 N–H and O–H groups in total. The quantitative estimate of drug-likeness (QED) is 0.505. The summed E-state index contributed by atoms with van der Waals surface area (Å²) in [6.07, 6.45) is 7.28. The minimum atomic E-state index is -0.342. The molecule has 118 valence electrons. The molecule has 0 aliphatic heterocycles. The van der Waals surface area contributed by atoms with Crippen molar-refractivity contribution in [2.45, 2.75) is 13.3 Å². The van der Waals surface area contributed by atoms with Crippen LogP contribution in [0.5, 0.6) is 5.75 Å². The third-order valence-corrected chi connectivity index (χ3v) is 3.01. The van der Waals surface area contributed by atoms with Gasteiger partial charge in [-0.25, -0.2) is 0 Å². The molecule has 2 rings (SSSR count). The minimum Gasteiger partial charge on any atom is -0.427 e. The van der Waals surface area contributed by atoms with Crippen molar-refractivity contribution in [3.05, 3.63) is 66.0 Å². The van der Waals surface area contributed by atoms with Crippen molar-refractivity contribution in [1.82, 2.24) is 10.3 Å². The minimum absolute atomic E-state index is 0.148. The van der Waals surface area contributed by atoms with Crippen molar-refractivity contribution in [3.63, 3.8) is 0 Å². The first-order valence-corrected chi connectivity index (χ1v) is 7.27. The average molecular weight is 310 g/mol. The van der Waals surface area contributed by atoms with Crippen molar-refractivity contribution in [2.75, 3.05) is 6.54 Å². The van der Waals surface area contributed by atoms with Crippen molar-refractivity contribution in [3.8, 4) is 5.75 Å². The standard InChI is InChI=1S/C18H18N2O3/c1-14(21)23-17-7-4-15(5-8-17)10-12-20-18(22)9-6-16-3-2-11-19-13-16/h2-9,11,13H,10,12H2,1H3,(H,20,22)/b9-6+. The second-order valence-electron chi connectivity index (χ2n) is 4.90. The van der Waals surface area contributed by atoms with Gasteiger partial charge < -0.3 is 10.1 Å². The number of carbonyl (C=O) groups is 2. The van der Waals surface area contributed by atoms with E-state index in [-0.39, 0.29) is 11.9 Å². The molecule has 0 fully saturated rings. The van der Waals surface area contributed by atoms with E-state index in [0.717, 1.165) is 11.1 Å². The molecule has 5 nitrogen and oxygen atoms in total. The molecule has 0 bridgehead atoms. The number of benzene rings is 1. The van der Waals surface area contributed by atoms with Crippen LogP contribution in [-0.2, 0) is 16.0 Å².